The maximum Gasteiger partial charge on any atom is 0.295 e. The molecule has 0 radical (unpaired) electrons. The van der Waals surface area contributed by atoms with Gasteiger partial charge in [-0.2, -0.15) is 10.2 Å². The van der Waals surface area contributed by atoms with Crippen LogP contribution in [0.25, 0.3) is 16.6 Å². The first kappa shape index (κ1) is 20.5. The number of halogens is 1. The van der Waals surface area contributed by atoms with Gasteiger partial charge in [-0.3, -0.25) is 9.59 Å². The molecule has 0 aliphatic rings. The molecule has 2 heterocycles. The van der Waals surface area contributed by atoms with Gasteiger partial charge in [-0.1, -0.05) is 31.2 Å². The van der Waals surface area contributed by atoms with Crippen LogP contribution in [0.4, 0.5) is 10.1 Å². The van der Waals surface area contributed by atoms with E-state index in [0.29, 0.717) is 23.2 Å². The van der Waals surface area contributed by atoms with Crippen LogP contribution in [-0.4, -0.2) is 25.5 Å². The van der Waals surface area contributed by atoms with Crippen molar-refractivity contribution in [3.63, 3.8) is 0 Å². The summed E-state index contributed by atoms with van der Waals surface area (Å²) in [4.78, 5) is 26.2. The van der Waals surface area contributed by atoms with Gasteiger partial charge in [-0.05, 0) is 50.6 Å². The molecular formula is C23H22FN5O2. The van der Waals surface area contributed by atoms with Crippen LogP contribution in [0, 0.1) is 19.7 Å². The number of nitrogens with one attached hydrogen (secondary N) is 1. The molecule has 0 aliphatic carbocycles. The van der Waals surface area contributed by atoms with Gasteiger partial charge in [0, 0.05) is 5.69 Å². The third-order valence-electron chi connectivity index (χ3n) is 5.22. The number of rotatable bonds is 5. The molecule has 2 aromatic carbocycles. The van der Waals surface area contributed by atoms with Crippen molar-refractivity contribution >= 4 is 22.5 Å². The molecule has 7 nitrogen and oxygen atoms in total. The molecule has 1 unspecified atom stereocenters. The van der Waals surface area contributed by atoms with Crippen molar-refractivity contribution in [2.45, 2.75) is 33.2 Å². The van der Waals surface area contributed by atoms with E-state index in [2.05, 4.69) is 15.5 Å². The van der Waals surface area contributed by atoms with Gasteiger partial charge in [0.2, 0.25) is 5.91 Å². The Balaban J connectivity index is 1.79. The Morgan fingerprint density at radius 2 is 1.84 bits per heavy atom. The largest absolute Gasteiger partial charge is 0.324 e. The van der Waals surface area contributed by atoms with Crippen molar-refractivity contribution in [2.75, 3.05) is 5.32 Å². The van der Waals surface area contributed by atoms with E-state index in [1.165, 1.54) is 22.9 Å². The Morgan fingerprint density at radius 3 is 2.52 bits per heavy atom. The van der Waals surface area contributed by atoms with E-state index < -0.39 is 23.3 Å². The molecule has 0 saturated heterocycles. The number of nitrogens with zero attached hydrogens (tertiary/aromatic N) is 4. The summed E-state index contributed by atoms with van der Waals surface area (Å²) in [6, 6.07) is 14.3. The Labute approximate surface area is 178 Å². The van der Waals surface area contributed by atoms with E-state index in [1.807, 2.05) is 37.3 Å². The predicted molar refractivity (Wildman–Crippen MR) is 117 cm³/mol. The zero-order valence-electron chi connectivity index (χ0n) is 17.5. The van der Waals surface area contributed by atoms with E-state index in [-0.39, 0.29) is 5.52 Å². The lowest BCUT2D eigenvalue weighted by molar-refractivity contribution is -0.119. The quantitative estimate of drug-likeness (QED) is 0.531. The third kappa shape index (κ3) is 3.72. The normalized spacial score (nSPS) is 12.1. The predicted octanol–water partition coefficient (Wildman–Crippen LogP) is 3.93. The van der Waals surface area contributed by atoms with Gasteiger partial charge in [-0.25, -0.2) is 13.8 Å². The Kier molecular flexibility index (Phi) is 5.37. The van der Waals surface area contributed by atoms with Gasteiger partial charge in [0.05, 0.1) is 22.5 Å². The Morgan fingerprint density at radius 1 is 1.10 bits per heavy atom. The topological polar surface area (TPSA) is 81.8 Å². The second-order valence-electron chi connectivity index (χ2n) is 7.32. The lowest BCUT2D eigenvalue weighted by Gasteiger charge is -2.17. The van der Waals surface area contributed by atoms with Crippen molar-refractivity contribution in [3.05, 3.63) is 82.2 Å². The monoisotopic (exact) mass is 419 g/mol. The molecular weight excluding hydrogens is 397 g/mol. The molecule has 158 valence electrons. The standard InChI is InChI=1S/C23H22FN5O2/c1-4-19(22(30)25-17-10-8-9-16(24)13-17)29-23(31)21-20(14(2)26-29)15(3)28(27-21)18-11-6-5-7-12-18/h5-13,19H,4H2,1-3H3,(H,25,30). The maximum absolute atomic E-state index is 13.5. The fourth-order valence-corrected chi connectivity index (χ4v) is 3.74. The molecule has 4 rings (SSSR count). The van der Waals surface area contributed by atoms with E-state index in [0.717, 1.165) is 11.4 Å². The zero-order chi connectivity index (χ0) is 22.1. The molecule has 1 atom stereocenters. The lowest BCUT2D eigenvalue weighted by atomic mass is 10.1. The van der Waals surface area contributed by atoms with E-state index >= 15 is 0 Å². The number of aromatic nitrogens is 4. The summed E-state index contributed by atoms with van der Waals surface area (Å²) in [6.45, 7) is 5.46. The smallest absolute Gasteiger partial charge is 0.295 e. The molecule has 1 N–H and O–H groups in total. The first-order valence-corrected chi connectivity index (χ1v) is 10.0. The SMILES string of the molecule is CCC(C(=O)Nc1cccc(F)c1)n1nc(C)c2c(C)n(-c3ccccc3)nc2c1=O. The minimum absolute atomic E-state index is 0.255. The van der Waals surface area contributed by atoms with Crippen LogP contribution < -0.4 is 10.9 Å². The highest BCUT2D eigenvalue weighted by Crippen LogP contribution is 2.22. The zero-order valence-corrected chi connectivity index (χ0v) is 17.5. The number of hydrogen-bond donors (Lipinski definition) is 1. The average Bonchev–Trinajstić information content (AvgIpc) is 3.11. The van der Waals surface area contributed by atoms with Crippen molar-refractivity contribution in [1.29, 1.82) is 0 Å². The number of fused-ring (bicyclic) bond motifs is 1. The van der Waals surface area contributed by atoms with Gasteiger partial charge in [0.1, 0.15) is 11.9 Å². The van der Waals surface area contributed by atoms with Gasteiger partial charge in [0.25, 0.3) is 5.56 Å². The van der Waals surface area contributed by atoms with E-state index in [4.69, 9.17) is 0 Å². The van der Waals surface area contributed by atoms with Gasteiger partial charge in [0.15, 0.2) is 5.52 Å². The number of carbonyl (C=O) groups excluding carboxylic acids is 1. The number of para-hydroxylation sites is 1. The summed E-state index contributed by atoms with van der Waals surface area (Å²) in [5.41, 5.74) is 2.36. The highest BCUT2D eigenvalue weighted by Gasteiger charge is 2.25. The fraction of sp³-hybridized carbons (Fsp3) is 0.217. The summed E-state index contributed by atoms with van der Waals surface area (Å²) >= 11 is 0. The van der Waals surface area contributed by atoms with Crippen molar-refractivity contribution < 1.29 is 9.18 Å². The molecule has 0 spiro atoms. The van der Waals surface area contributed by atoms with E-state index in [1.54, 1.807) is 24.6 Å². The van der Waals surface area contributed by atoms with Crippen molar-refractivity contribution in [3.8, 4) is 5.69 Å². The number of carbonyl (C=O) groups is 1. The van der Waals surface area contributed by atoms with E-state index in [9.17, 15) is 14.0 Å². The second kappa shape index (κ2) is 8.14. The van der Waals surface area contributed by atoms with Crippen molar-refractivity contribution in [2.24, 2.45) is 0 Å². The number of amides is 1. The van der Waals surface area contributed by atoms with Gasteiger partial charge < -0.3 is 5.32 Å². The molecule has 1 amide bonds. The Hall–Kier alpha value is -3.81. The fourth-order valence-electron chi connectivity index (χ4n) is 3.74. The van der Waals surface area contributed by atoms with Gasteiger partial charge >= 0.3 is 0 Å². The third-order valence-corrected chi connectivity index (χ3v) is 5.22. The molecule has 2 aromatic heterocycles. The summed E-state index contributed by atoms with van der Waals surface area (Å²) in [6.07, 6.45) is 0.331. The second-order valence-corrected chi connectivity index (χ2v) is 7.32. The van der Waals surface area contributed by atoms with Gasteiger partial charge in [-0.15, -0.1) is 0 Å². The van der Waals surface area contributed by atoms with Crippen LogP contribution in [-0.2, 0) is 4.79 Å². The van der Waals surface area contributed by atoms with Crippen LogP contribution in [0.3, 0.4) is 0 Å². The summed E-state index contributed by atoms with van der Waals surface area (Å²) in [5.74, 6) is -0.902. The molecule has 31 heavy (non-hydrogen) atoms. The first-order chi connectivity index (χ1) is 14.9. The summed E-state index contributed by atoms with van der Waals surface area (Å²) < 4.78 is 16.3. The first-order valence-electron chi connectivity index (χ1n) is 10.0. The molecule has 0 fully saturated rings. The average molecular weight is 419 g/mol. The molecule has 0 aliphatic heterocycles. The molecule has 0 bridgehead atoms. The van der Waals surface area contributed by atoms with Crippen LogP contribution >= 0.6 is 0 Å². The number of benzene rings is 2. The number of anilines is 1. The molecule has 4 aromatic rings. The number of aryl methyl sites for hydroxylation is 2. The summed E-state index contributed by atoms with van der Waals surface area (Å²) in [5, 5.41) is 12.3. The molecule has 8 heteroatoms. The number of hydrogen-bond acceptors (Lipinski definition) is 4. The highest BCUT2D eigenvalue weighted by atomic mass is 19.1. The van der Waals surface area contributed by atoms with Crippen molar-refractivity contribution in [1.82, 2.24) is 19.6 Å². The van der Waals surface area contributed by atoms with Crippen LogP contribution in [0.15, 0.2) is 59.4 Å². The highest BCUT2D eigenvalue weighted by molar-refractivity contribution is 5.94. The molecule has 0 saturated carbocycles. The minimum atomic E-state index is -0.860. The Bertz CT molecular complexity index is 1330. The van der Waals surface area contributed by atoms with Crippen LogP contribution in [0.2, 0.25) is 0 Å². The minimum Gasteiger partial charge on any atom is -0.324 e. The summed E-state index contributed by atoms with van der Waals surface area (Å²) in [7, 11) is 0. The lowest BCUT2D eigenvalue weighted by Crippen LogP contribution is -2.35. The van der Waals surface area contributed by atoms with Crippen LogP contribution in [0.5, 0.6) is 0 Å². The van der Waals surface area contributed by atoms with Crippen LogP contribution in [0.1, 0.15) is 30.8 Å². The maximum atomic E-state index is 13.5.